The molecular weight excluding hydrogens is 1300 g/mol. The van der Waals surface area contributed by atoms with Gasteiger partial charge in [0.1, 0.15) is 38.8 Å². The van der Waals surface area contributed by atoms with Gasteiger partial charge < -0.3 is 28.4 Å². The lowest BCUT2D eigenvalue weighted by Gasteiger charge is -2.32. The number of anilines is 12. The number of hydrogen-bond acceptors (Lipinski definition) is 6. The molecule has 4 heterocycles. The van der Waals surface area contributed by atoms with E-state index in [2.05, 4.69) is 375 Å². The average molecular weight is 1390 g/mol. The zero-order chi connectivity index (χ0) is 73.3. The Hall–Kier alpha value is -10.6. The molecule has 0 fully saturated rings. The zero-order valence-corrected chi connectivity index (χ0v) is 66.4. The maximum atomic E-state index is 7.02. The van der Waals surface area contributed by atoms with Gasteiger partial charge in [-0.05, 0) is 285 Å². The third-order valence-electron chi connectivity index (χ3n) is 22.1. The van der Waals surface area contributed by atoms with E-state index in [1.807, 2.05) is 0 Å². The summed E-state index contributed by atoms with van der Waals surface area (Å²) in [5, 5.41) is 8.09. The van der Waals surface area contributed by atoms with E-state index in [4.69, 9.17) is 8.83 Å². The molecule has 8 heteroatoms. The van der Waals surface area contributed by atoms with Crippen LogP contribution in [0.25, 0.3) is 44.6 Å². The van der Waals surface area contributed by atoms with Crippen molar-refractivity contribution in [2.75, 3.05) is 19.6 Å². The van der Waals surface area contributed by atoms with Crippen LogP contribution in [0.5, 0.6) is 0 Å². The molecule has 0 atom stereocenters. The molecule has 0 saturated carbocycles. The van der Waals surface area contributed by atoms with E-state index in [1.54, 1.807) is 0 Å². The summed E-state index contributed by atoms with van der Waals surface area (Å²) in [6.45, 7) is 45.3. The average Bonchev–Trinajstić information content (AvgIpc) is 1.55. The monoisotopic (exact) mass is 1390 g/mol. The minimum absolute atomic E-state index is 0.946. The standard InChI is InChI=1S/C52H56N2OSi.C44H40N2OSi/c1-29-19-33(5)47(34(6)20-29)53(48-35(7)21-30(2)22-36(48)8)41-15-17-45-43(27-41)52-51(55-45)44-28-42(16-18-46(44)56(52,13)14)54(49-37(9)23-31(3)24-38(49)10)50-39(11)25-32(4)26-40(50)12;1-29-7-15-33(16-8-29)45(34-17-9-30(2)10-18-34)37-23-25-41-39(27-37)44-43(47-41)40-28-38(24-26-42(40)48(44,5)6)46(35-19-11-31(3)12-20-35)36-21-13-32(4)14-22-36/h15-28H,1-14H3;7-28H,1-6H3. The number of nitrogens with zero attached hydrogens (tertiary/aromatic N) is 4. The molecule has 16 rings (SSSR count). The summed E-state index contributed by atoms with van der Waals surface area (Å²) in [7, 11) is -4.26. The Morgan fingerprint density at radius 3 is 0.712 bits per heavy atom. The first-order valence-electron chi connectivity index (χ1n) is 36.9. The molecule has 104 heavy (non-hydrogen) atoms. The van der Waals surface area contributed by atoms with Crippen molar-refractivity contribution in [1.82, 2.24) is 0 Å². The van der Waals surface area contributed by atoms with Crippen LogP contribution in [0.2, 0.25) is 26.2 Å². The molecule has 2 aliphatic heterocycles. The summed E-state index contributed by atoms with van der Waals surface area (Å²) in [4.78, 5) is 9.73. The van der Waals surface area contributed by atoms with Crippen molar-refractivity contribution >= 4 is 127 Å². The maximum Gasteiger partial charge on any atom is 0.135 e. The summed E-state index contributed by atoms with van der Waals surface area (Å²) in [6, 6.07) is 81.5. The van der Waals surface area contributed by atoms with Gasteiger partial charge in [-0.15, -0.1) is 0 Å². The van der Waals surface area contributed by atoms with Gasteiger partial charge in [-0.3, -0.25) is 0 Å². The molecule has 0 saturated heterocycles. The van der Waals surface area contributed by atoms with Crippen molar-refractivity contribution < 1.29 is 8.83 Å². The van der Waals surface area contributed by atoms with E-state index >= 15 is 0 Å². The molecule has 14 aromatic rings. The van der Waals surface area contributed by atoms with E-state index in [0.717, 1.165) is 68.2 Å². The minimum atomic E-state index is -2.17. The third-order valence-corrected chi connectivity index (χ3v) is 29.1. The van der Waals surface area contributed by atoms with Crippen molar-refractivity contribution in [2.45, 2.75) is 137 Å². The molecular formula is C96H96N4O2Si2. The molecule has 0 amide bonds. The van der Waals surface area contributed by atoms with Crippen molar-refractivity contribution in [3.8, 4) is 22.6 Å². The van der Waals surface area contributed by atoms with Crippen molar-refractivity contribution in [1.29, 1.82) is 0 Å². The molecule has 2 aliphatic rings. The Morgan fingerprint density at radius 2 is 0.442 bits per heavy atom. The summed E-state index contributed by atoms with van der Waals surface area (Å²) in [6.07, 6.45) is 0. The largest absolute Gasteiger partial charge is 0.456 e. The van der Waals surface area contributed by atoms with Gasteiger partial charge in [-0.1, -0.05) is 180 Å². The predicted octanol–water partition coefficient (Wildman–Crippen LogP) is 25.3. The number of rotatable bonds is 12. The fraction of sp³-hybridized carbons (Fsp3) is 0.208. The fourth-order valence-electron chi connectivity index (χ4n) is 17.7. The van der Waals surface area contributed by atoms with Crippen molar-refractivity contribution in [3.05, 3.63) is 307 Å². The summed E-state index contributed by atoms with van der Waals surface area (Å²) < 4.78 is 13.8. The number of fused-ring (bicyclic) bond motifs is 10. The van der Waals surface area contributed by atoms with Crippen LogP contribution in [-0.2, 0) is 0 Å². The van der Waals surface area contributed by atoms with Crippen LogP contribution < -0.4 is 40.3 Å². The number of furan rings is 2. The lowest BCUT2D eigenvalue weighted by Crippen LogP contribution is -2.49. The molecule has 2 aromatic heterocycles. The van der Waals surface area contributed by atoms with Gasteiger partial charge >= 0.3 is 0 Å². The van der Waals surface area contributed by atoms with Crippen LogP contribution in [0.4, 0.5) is 68.2 Å². The van der Waals surface area contributed by atoms with Crippen molar-refractivity contribution in [3.63, 3.8) is 0 Å². The summed E-state index contributed by atoms with van der Waals surface area (Å²) in [5.41, 5.74) is 38.8. The van der Waals surface area contributed by atoms with E-state index in [1.165, 1.54) is 154 Å². The topological polar surface area (TPSA) is 39.2 Å². The summed E-state index contributed by atoms with van der Waals surface area (Å²) in [5.74, 6) is 2.07. The SMILES string of the molecule is Cc1cc(C)c(N(c2ccc3c(c2)-c2oc4ccc(N(c5c(C)cc(C)cc5C)c5c(C)cc(C)cc5C)cc4c2[Si]3(C)C)c2c(C)cc(C)cc2C)c(C)c1.Cc1ccc(N(c2ccc(C)cc2)c2ccc3c(c2)-c2oc4ccc(N(c5ccc(C)cc5)c5ccc(C)cc5)cc4c2[Si]3(C)C)cc1. The second-order valence-electron chi connectivity index (χ2n) is 31.4. The molecule has 0 bridgehead atoms. The maximum absolute atomic E-state index is 7.02. The number of hydrogen-bond donors (Lipinski definition) is 0. The van der Waals surface area contributed by atoms with Gasteiger partial charge in [0.25, 0.3) is 0 Å². The highest BCUT2D eigenvalue weighted by molar-refractivity contribution is 7.05. The smallest absolute Gasteiger partial charge is 0.135 e. The normalized spacial score (nSPS) is 13.0. The van der Waals surface area contributed by atoms with Gasteiger partial charge in [0.15, 0.2) is 0 Å². The Morgan fingerprint density at radius 1 is 0.221 bits per heavy atom. The van der Waals surface area contributed by atoms with E-state index in [9.17, 15) is 0 Å². The number of aryl methyl sites for hydroxylation is 16. The Kier molecular flexibility index (Phi) is 17.4. The highest BCUT2D eigenvalue weighted by Gasteiger charge is 2.45. The van der Waals surface area contributed by atoms with Crippen LogP contribution in [0.3, 0.4) is 0 Å². The first-order valence-corrected chi connectivity index (χ1v) is 42.9. The highest BCUT2D eigenvalue weighted by atomic mass is 28.3. The number of benzene rings is 12. The van der Waals surface area contributed by atoms with Crippen LogP contribution in [0.15, 0.2) is 227 Å². The lowest BCUT2D eigenvalue weighted by molar-refractivity contribution is 0.634. The van der Waals surface area contributed by atoms with Gasteiger partial charge in [-0.2, -0.15) is 0 Å². The molecule has 12 aromatic carbocycles. The minimum Gasteiger partial charge on any atom is -0.456 e. The molecule has 0 radical (unpaired) electrons. The van der Waals surface area contributed by atoms with Crippen LogP contribution in [0, 0.1) is 111 Å². The lowest BCUT2D eigenvalue weighted by atomic mass is 9.98. The van der Waals surface area contributed by atoms with Crippen LogP contribution in [-0.4, -0.2) is 16.1 Å². The fourth-order valence-corrected chi connectivity index (χ4v) is 24.2. The first kappa shape index (κ1) is 69.1. The van der Waals surface area contributed by atoms with Gasteiger partial charge in [0, 0.05) is 67.4 Å². The second-order valence-corrected chi connectivity index (χ2v) is 39.9. The quantitative estimate of drug-likeness (QED) is 0.114. The summed E-state index contributed by atoms with van der Waals surface area (Å²) >= 11 is 0. The molecule has 0 unspecified atom stereocenters. The molecule has 0 spiro atoms. The molecule has 0 aliphatic carbocycles. The van der Waals surface area contributed by atoms with Gasteiger partial charge in [0.05, 0.1) is 22.7 Å². The van der Waals surface area contributed by atoms with Crippen LogP contribution in [0.1, 0.15) is 89.0 Å². The molecule has 0 N–H and O–H groups in total. The Bertz CT molecular complexity index is 5450. The van der Waals surface area contributed by atoms with Crippen LogP contribution >= 0.6 is 0 Å². The zero-order valence-electron chi connectivity index (χ0n) is 64.4. The van der Waals surface area contributed by atoms with E-state index in [0.29, 0.717) is 0 Å². The Labute approximate surface area is 618 Å². The van der Waals surface area contributed by atoms with Gasteiger partial charge in [0.2, 0.25) is 0 Å². The van der Waals surface area contributed by atoms with E-state index < -0.39 is 16.1 Å². The first-order chi connectivity index (χ1) is 49.6. The third kappa shape index (κ3) is 12.0. The second kappa shape index (κ2) is 26.2. The van der Waals surface area contributed by atoms with Gasteiger partial charge in [-0.25, -0.2) is 0 Å². The molecule has 520 valence electrons. The molecule has 6 nitrogen and oxygen atoms in total. The predicted molar refractivity (Wildman–Crippen MR) is 451 cm³/mol. The highest BCUT2D eigenvalue weighted by Crippen LogP contribution is 2.49. The van der Waals surface area contributed by atoms with E-state index in [-0.39, 0.29) is 0 Å². The van der Waals surface area contributed by atoms with Crippen molar-refractivity contribution in [2.24, 2.45) is 0 Å². The Balaban J connectivity index is 0.000000169.